The van der Waals surface area contributed by atoms with Crippen molar-refractivity contribution in [2.75, 3.05) is 31.5 Å². The van der Waals surface area contributed by atoms with Crippen LogP contribution in [0, 0.1) is 5.92 Å². The fourth-order valence-corrected chi connectivity index (χ4v) is 4.16. The van der Waals surface area contributed by atoms with Crippen LogP contribution in [0.25, 0.3) is 16.8 Å². The molecule has 0 radical (unpaired) electrons. The summed E-state index contributed by atoms with van der Waals surface area (Å²) in [5, 5.41) is 7.19. The van der Waals surface area contributed by atoms with Crippen molar-refractivity contribution in [2.45, 2.75) is 32.7 Å². The van der Waals surface area contributed by atoms with Gasteiger partial charge in [-0.2, -0.15) is 4.98 Å². The molecular formula is C24H28N6O2. The highest BCUT2D eigenvalue weighted by Gasteiger charge is 2.30. The van der Waals surface area contributed by atoms with Gasteiger partial charge in [-0.15, -0.1) is 5.10 Å². The maximum atomic E-state index is 12.9. The molecule has 2 fully saturated rings. The van der Waals surface area contributed by atoms with Crippen molar-refractivity contribution < 1.29 is 9.59 Å². The van der Waals surface area contributed by atoms with Gasteiger partial charge in [-0.1, -0.05) is 12.1 Å². The smallest absolute Gasteiger partial charge is 0.253 e. The number of fused-ring (bicyclic) bond motifs is 1. The molecule has 0 atom stereocenters. The number of anilines is 1. The van der Waals surface area contributed by atoms with E-state index in [2.05, 4.69) is 34.1 Å². The van der Waals surface area contributed by atoms with Crippen molar-refractivity contribution in [1.82, 2.24) is 24.4 Å². The molecule has 32 heavy (non-hydrogen) atoms. The SMILES string of the molecule is CC(C)N1CCN(C(=O)c2ccc(-c3cccn4nc(NC(=O)C5CC5)nc34)cc2)CC1. The fourth-order valence-electron chi connectivity index (χ4n) is 4.16. The molecule has 1 aliphatic carbocycles. The molecule has 8 heteroatoms. The lowest BCUT2D eigenvalue weighted by atomic mass is 10.0. The number of pyridine rings is 1. The topological polar surface area (TPSA) is 82.8 Å². The first-order valence-electron chi connectivity index (χ1n) is 11.3. The van der Waals surface area contributed by atoms with Gasteiger partial charge in [0.2, 0.25) is 11.9 Å². The third-order valence-corrected chi connectivity index (χ3v) is 6.32. The number of benzene rings is 1. The van der Waals surface area contributed by atoms with E-state index in [1.54, 1.807) is 4.52 Å². The lowest BCUT2D eigenvalue weighted by Gasteiger charge is -2.37. The van der Waals surface area contributed by atoms with Gasteiger partial charge in [0.1, 0.15) is 0 Å². The number of aromatic nitrogens is 3. The molecule has 3 aromatic rings. The van der Waals surface area contributed by atoms with Crippen molar-refractivity contribution in [1.29, 1.82) is 0 Å². The second kappa shape index (κ2) is 8.35. The number of nitrogens with one attached hydrogen (secondary N) is 1. The average molecular weight is 433 g/mol. The molecule has 1 N–H and O–H groups in total. The van der Waals surface area contributed by atoms with Gasteiger partial charge in [-0.05, 0) is 56.5 Å². The minimum Gasteiger partial charge on any atom is -0.336 e. The maximum absolute atomic E-state index is 12.9. The van der Waals surface area contributed by atoms with E-state index in [1.165, 1.54) is 0 Å². The number of hydrogen-bond acceptors (Lipinski definition) is 5. The Bertz CT molecular complexity index is 1140. The van der Waals surface area contributed by atoms with Crippen molar-refractivity contribution in [3.05, 3.63) is 48.2 Å². The van der Waals surface area contributed by atoms with Crippen LogP contribution in [0.2, 0.25) is 0 Å². The third kappa shape index (κ3) is 4.10. The van der Waals surface area contributed by atoms with Gasteiger partial charge in [0, 0.05) is 55.5 Å². The highest BCUT2D eigenvalue weighted by atomic mass is 16.2. The molecule has 5 rings (SSSR count). The molecule has 0 bridgehead atoms. The minimum absolute atomic E-state index is 0.0143. The van der Waals surface area contributed by atoms with E-state index < -0.39 is 0 Å². The number of nitrogens with zero attached hydrogens (tertiary/aromatic N) is 5. The second-order valence-corrected chi connectivity index (χ2v) is 8.89. The van der Waals surface area contributed by atoms with Gasteiger partial charge < -0.3 is 4.90 Å². The number of carbonyl (C=O) groups excluding carboxylic acids is 2. The Labute approximate surface area is 187 Å². The lowest BCUT2D eigenvalue weighted by Crippen LogP contribution is -2.50. The first kappa shape index (κ1) is 20.6. The molecule has 3 heterocycles. The normalized spacial score (nSPS) is 17.2. The van der Waals surface area contributed by atoms with E-state index in [1.807, 2.05) is 47.5 Å². The first-order chi connectivity index (χ1) is 15.5. The fraction of sp³-hybridized carbons (Fsp3) is 0.417. The van der Waals surface area contributed by atoms with Crippen molar-refractivity contribution in [3.63, 3.8) is 0 Å². The molecule has 2 aromatic heterocycles. The zero-order chi connectivity index (χ0) is 22.2. The third-order valence-electron chi connectivity index (χ3n) is 6.32. The summed E-state index contributed by atoms with van der Waals surface area (Å²) in [5.41, 5.74) is 3.21. The molecule has 0 unspecified atom stereocenters. The molecular weight excluding hydrogens is 404 g/mol. The monoisotopic (exact) mass is 432 g/mol. The van der Waals surface area contributed by atoms with Crippen LogP contribution in [0.15, 0.2) is 42.6 Å². The van der Waals surface area contributed by atoms with Crippen LogP contribution in [0.4, 0.5) is 5.95 Å². The standard InChI is InChI=1S/C24H28N6O2/c1-16(2)28-12-14-29(15-13-28)23(32)19-9-5-17(6-10-19)20-4-3-11-30-21(20)25-24(27-30)26-22(31)18-7-8-18/h3-6,9-11,16,18H,7-8,12-15H2,1-2H3,(H,26,27,31). The Hall–Kier alpha value is -3.26. The van der Waals surface area contributed by atoms with Gasteiger partial charge in [0.25, 0.3) is 5.91 Å². The van der Waals surface area contributed by atoms with E-state index in [0.717, 1.165) is 50.1 Å². The molecule has 0 spiro atoms. The number of rotatable bonds is 5. The minimum atomic E-state index is -0.0143. The largest absolute Gasteiger partial charge is 0.336 e. The first-order valence-corrected chi connectivity index (χ1v) is 11.3. The van der Waals surface area contributed by atoms with Crippen LogP contribution in [0.1, 0.15) is 37.0 Å². The summed E-state index contributed by atoms with van der Waals surface area (Å²) in [4.78, 5) is 33.9. The summed E-state index contributed by atoms with van der Waals surface area (Å²) in [6.45, 7) is 7.72. The van der Waals surface area contributed by atoms with Crippen LogP contribution in [0.5, 0.6) is 0 Å². The Morgan fingerprint density at radius 2 is 1.75 bits per heavy atom. The Morgan fingerprint density at radius 1 is 1.03 bits per heavy atom. The highest BCUT2D eigenvalue weighted by molar-refractivity contribution is 5.95. The Balaban J connectivity index is 1.33. The predicted molar refractivity (Wildman–Crippen MR) is 122 cm³/mol. The molecule has 1 aliphatic heterocycles. The van der Waals surface area contributed by atoms with Crippen LogP contribution in [-0.4, -0.2) is 68.4 Å². The van der Waals surface area contributed by atoms with Gasteiger partial charge in [-0.25, -0.2) is 4.52 Å². The summed E-state index contributed by atoms with van der Waals surface area (Å²) in [5.74, 6) is 0.478. The Morgan fingerprint density at radius 3 is 2.41 bits per heavy atom. The molecule has 2 amide bonds. The van der Waals surface area contributed by atoms with Crippen molar-refractivity contribution in [2.24, 2.45) is 5.92 Å². The summed E-state index contributed by atoms with van der Waals surface area (Å²) < 4.78 is 1.67. The van der Waals surface area contributed by atoms with Crippen molar-refractivity contribution >= 4 is 23.4 Å². The van der Waals surface area contributed by atoms with Crippen LogP contribution >= 0.6 is 0 Å². The number of amides is 2. The zero-order valence-electron chi connectivity index (χ0n) is 18.5. The van der Waals surface area contributed by atoms with E-state index >= 15 is 0 Å². The van der Waals surface area contributed by atoms with Crippen molar-refractivity contribution in [3.8, 4) is 11.1 Å². The predicted octanol–water partition coefficient (Wildman–Crippen LogP) is 2.91. The van der Waals surface area contributed by atoms with Gasteiger partial charge in [0.15, 0.2) is 5.65 Å². The summed E-state index contributed by atoms with van der Waals surface area (Å²) in [6, 6.07) is 12.0. The second-order valence-electron chi connectivity index (χ2n) is 8.89. The maximum Gasteiger partial charge on any atom is 0.253 e. The van der Waals surface area contributed by atoms with Crippen LogP contribution in [-0.2, 0) is 4.79 Å². The summed E-state index contributed by atoms with van der Waals surface area (Å²) in [6.07, 6.45) is 3.68. The summed E-state index contributed by atoms with van der Waals surface area (Å²) in [7, 11) is 0. The van der Waals surface area contributed by atoms with Gasteiger partial charge >= 0.3 is 0 Å². The van der Waals surface area contributed by atoms with E-state index in [-0.39, 0.29) is 17.7 Å². The van der Waals surface area contributed by atoms with Gasteiger partial charge in [-0.3, -0.25) is 19.8 Å². The molecule has 2 aliphatic rings. The van der Waals surface area contributed by atoms with E-state index in [4.69, 9.17) is 0 Å². The van der Waals surface area contributed by atoms with E-state index in [0.29, 0.717) is 23.2 Å². The number of carbonyl (C=O) groups is 2. The zero-order valence-corrected chi connectivity index (χ0v) is 18.5. The average Bonchev–Trinajstić information content (AvgIpc) is 3.58. The highest BCUT2D eigenvalue weighted by Crippen LogP contribution is 2.30. The Kier molecular flexibility index (Phi) is 5.38. The molecule has 1 saturated heterocycles. The van der Waals surface area contributed by atoms with Crippen LogP contribution < -0.4 is 5.32 Å². The molecule has 1 aromatic carbocycles. The van der Waals surface area contributed by atoms with Crippen LogP contribution in [0.3, 0.4) is 0 Å². The lowest BCUT2D eigenvalue weighted by molar-refractivity contribution is -0.117. The molecule has 8 nitrogen and oxygen atoms in total. The quantitative estimate of drug-likeness (QED) is 0.670. The van der Waals surface area contributed by atoms with E-state index in [9.17, 15) is 9.59 Å². The summed E-state index contributed by atoms with van der Waals surface area (Å²) >= 11 is 0. The molecule has 166 valence electrons. The number of piperazine rings is 1. The molecule has 1 saturated carbocycles. The number of hydrogen-bond donors (Lipinski definition) is 1. The van der Waals surface area contributed by atoms with Gasteiger partial charge in [0.05, 0.1) is 0 Å².